The lowest BCUT2D eigenvalue weighted by Gasteiger charge is -1.99. The van der Waals surface area contributed by atoms with E-state index in [-0.39, 0.29) is 0 Å². The van der Waals surface area contributed by atoms with Gasteiger partial charge in [0, 0.05) is 6.20 Å². The van der Waals surface area contributed by atoms with Crippen LogP contribution >= 0.6 is 0 Å². The Balaban J connectivity index is 2.87. The maximum Gasteiger partial charge on any atom is 0.236 e. The van der Waals surface area contributed by atoms with E-state index >= 15 is 0 Å². The molecule has 2 aromatic heterocycles. The van der Waals surface area contributed by atoms with Gasteiger partial charge in [-0.15, -0.1) is 0 Å². The maximum atomic E-state index is 11.2. The predicted octanol–water partition coefficient (Wildman–Crippen LogP) is 0.239. The van der Waals surface area contributed by atoms with Gasteiger partial charge in [0.15, 0.2) is 0 Å². The van der Waals surface area contributed by atoms with E-state index in [1.807, 2.05) is 0 Å². The lowest BCUT2D eigenvalue weighted by Crippen LogP contribution is -2.08. The summed E-state index contributed by atoms with van der Waals surface area (Å²) in [6, 6.07) is 1.64. The molecule has 2 heterocycles. The highest BCUT2D eigenvalue weighted by Crippen LogP contribution is 2.12. The summed E-state index contributed by atoms with van der Waals surface area (Å²) >= 11 is 0. The van der Waals surface area contributed by atoms with Crippen LogP contribution < -0.4 is 0 Å². The summed E-state index contributed by atoms with van der Waals surface area (Å²) < 4.78 is 23.6. The first kappa shape index (κ1) is 8.18. The van der Waals surface area contributed by atoms with Crippen molar-refractivity contribution in [2.24, 2.45) is 0 Å². The van der Waals surface area contributed by atoms with Crippen LogP contribution in [0.2, 0.25) is 0 Å². The van der Waals surface area contributed by atoms with Crippen molar-refractivity contribution >= 4 is 21.1 Å². The van der Waals surface area contributed by atoms with Gasteiger partial charge in [-0.1, -0.05) is 0 Å². The van der Waals surface area contributed by atoms with Gasteiger partial charge in [0.2, 0.25) is 10.0 Å². The monoisotopic (exact) mass is 197 g/mol. The molecule has 68 valence electrons. The zero-order valence-electron chi connectivity index (χ0n) is 6.88. The number of hydrogen-bond donors (Lipinski definition) is 0. The molecule has 13 heavy (non-hydrogen) atoms. The van der Waals surface area contributed by atoms with Gasteiger partial charge in [-0.25, -0.2) is 22.4 Å². The van der Waals surface area contributed by atoms with E-state index in [1.165, 1.54) is 18.7 Å². The van der Waals surface area contributed by atoms with Crippen molar-refractivity contribution in [3.63, 3.8) is 0 Å². The second-order valence-corrected chi connectivity index (χ2v) is 4.53. The van der Waals surface area contributed by atoms with Crippen molar-refractivity contribution in [1.29, 1.82) is 0 Å². The van der Waals surface area contributed by atoms with E-state index in [0.717, 1.165) is 10.2 Å². The van der Waals surface area contributed by atoms with E-state index in [0.29, 0.717) is 11.0 Å². The largest absolute Gasteiger partial charge is 0.243 e. The van der Waals surface area contributed by atoms with Gasteiger partial charge in [-0.05, 0) is 6.07 Å². The van der Waals surface area contributed by atoms with E-state index in [4.69, 9.17) is 0 Å². The quantitative estimate of drug-likeness (QED) is 0.656. The van der Waals surface area contributed by atoms with Crippen molar-refractivity contribution in [2.75, 3.05) is 6.26 Å². The minimum Gasteiger partial charge on any atom is -0.243 e. The highest BCUT2D eigenvalue weighted by molar-refractivity contribution is 7.89. The molecule has 5 nitrogen and oxygen atoms in total. The standard InChI is InChI=1S/C7H7N3O2S/c1-13(11,12)10-3-2-6-7(10)4-8-5-9-6/h2-5H,1H3. The van der Waals surface area contributed by atoms with Crippen LogP contribution in [0.4, 0.5) is 0 Å². The topological polar surface area (TPSA) is 64.8 Å². The third-order valence-corrected chi connectivity index (χ3v) is 2.72. The molecule has 6 heteroatoms. The fraction of sp³-hybridized carbons (Fsp3) is 0.143. The number of rotatable bonds is 1. The Morgan fingerprint density at radius 3 is 2.92 bits per heavy atom. The summed E-state index contributed by atoms with van der Waals surface area (Å²) in [5, 5.41) is 0. The molecule has 0 spiro atoms. The normalized spacial score (nSPS) is 12.1. The van der Waals surface area contributed by atoms with Crippen molar-refractivity contribution < 1.29 is 8.42 Å². The Hall–Kier alpha value is -1.43. The molecule has 0 aliphatic rings. The molecule has 0 unspecified atom stereocenters. The van der Waals surface area contributed by atoms with Gasteiger partial charge >= 0.3 is 0 Å². The molecule has 0 amide bonds. The summed E-state index contributed by atoms with van der Waals surface area (Å²) in [7, 11) is -3.25. The summed E-state index contributed by atoms with van der Waals surface area (Å²) in [5.41, 5.74) is 1.13. The molecule has 2 rings (SSSR count). The lowest BCUT2D eigenvalue weighted by molar-refractivity contribution is 0.595. The molecule has 0 saturated heterocycles. The maximum absolute atomic E-state index is 11.2. The fourth-order valence-corrected chi connectivity index (χ4v) is 1.92. The number of hydrogen-bond acceptors (Lipinski definition) is 4. The van der Waals surface area contributed by atoms with Crippen LogP contribution in [0.5, 0.6) is 0 Å². The lowest BCUT2D eigenvalue weighted by atomic mass is 10.5. The van der Waals surface area contributed by atoms with Gasteiger partial charge in [0.25, 0.3) is 0 Å². The Bertz CT molecular complexity index is 544. The minimum atomic E-state index is -3.25. The zero-order chi connectivity index (χ0) is 9.47. The van der Waals surface area contributed by atoms with Crippen LogP contribution in [0.3, 0.4) is 0 Å². The zero-order valence-corrected chi connectivity index (χ0v) is 7.69. The molecular weight excluding hydrogens is 190 g/mol. The van der Waals surface area contributed by atoms with Crippen LogP contribution in [-0.4, -0.2) is 28.6 Å². The fourth-order valence-electron chi connectivity index (χ4n) is 1.14. The minimum absolute atomic E-state index is 0.505. The van der Waals surface area contributed by atoms with Gasteiger partial charge in [-0.2, -0.15) is 0 Å². The van der Waals surface area contributed by atoms with Crippen LogP contribution in [0.1, 0.15) is 0 Å². The van der Waals surface area contributed by atoms with Crippen LogP contribution in [0.25, 0.3) is 11.0 Å². The van der Waals surface area contributed by atoms with Gasteiger partial charge in [-0.3, -0.25) is 0 Å². The molecule has 0 atom stereocenters. The summed E-state index contributed by atoms with van der Waals surface area (Å²) in [5.74, 6) is 0. The molecular formula is C7H7N3O2S. The first-order valence-corrected chi connectivity index (χ1v) is 5.41. The van der Waals surface area contributed by atoms with Crippen LogP contribution in [0.15, 0.2) is 24.8 Å². The molecule has 0 radical (unpaired) electrons. The second kappa shape index (κ2) is 2.53. The molecule has 0 N–H and O–H groups in total. The SMILES string of the molecule is CS(=O)(=O)n1ccc2ncncc21. The molecule has 0 bridgehead atoms. The number of aromatic nitrogens is 3. The second-order valence-electron chi connectivity index (χ2n) is 2.67. The highest BCUT2D eigenvalue weighted by atomic mass is 32.2. The molecule has 0 saturated carbocycles. The smallest absolute Gasteiger partial charge is 0.236 e. The van der Waals surface area contributed by atoms with Crippen LogP contribution in [-0.2, 0) is 10.0 Å². The Labute approximate surface area is 75.1 Å². The number of nitrogens with zero attached hydrogens (tertiary/aromatic N) is 3. The van der Waals surface area contributed by atoms with Crippen LogP contribution in [0, 0.1) is 0 Å². The molecule has 0 aliphatic carbocycles. The van der Waals surface area contributed by atoms with Crippen molar-refractivity contribution in [3.05, 3.63) is 24.8 Å². The summed E-state index contributed by atoms with van der Waals surface area (Å²) in [6.07, 6.45) is 5.46. The molecule has 0 aromatic carbocycles. The molecule has 2 aromatic rings. The Kier molecular flexibility index (Phi) is 1.59. The number of fused-ring (bicyclic) bond motifs is 1. The van der Waals surface area contributed by atoms with Gasteiger partial charge in [0.1, 0.15) is 11.8 Å². The van der Waals surface area contributed by atoms with Crippen molar-refractivity contribution in [1.82, 2.24) is 13.9 Å². The third-order valence-electron chi connectivity index (χ3n) is 1.69. The first-order valence-electron chi connectivity index (χ1n) is 3.56. The Morgan fingerprint density at radius 1 is 1.46 bits per heavy atom. The predicted molar refractivity (Wildman–Crippen MR) is 47.8 cm³/mol. The average Bonchev–Trinajstić information content (AvgIpc) is 2.45. The third kappa shape index (κ3) is 1.29. The van der Waals surface area contributed by atoms with E-state index in [2.05, 4.69) is 9.97 Å². The average molecular weight is 197 g/mol. The molecule has 0 fully saturated rings. The Morgan fingerprint density at radius 2 is 2.23 bits per heavy atom. The van der Waals surface area contributed by atoms with Gasteiger partial charge < -0.3 is 0 Å². The van der Waals surface area contributed by atoms with E-state index in [9.17, 15) is 8.42 Å². The molecule has 0 aliphatic heterocycles. The summed E-state index contributed by atoms with van der Waals surface area (Å²) in [4.78, 5) is 7.68. The van der Waals surface area contributed by atoms with E-state index < -0.39 is 10.0 Å². The van der Waals surface area contributed by atoms with Gasteiger partial charge in [0.05, 0.1) is 18.0 Å². The highest BCUT2D eigenvalue weighted by Gasteiger charge is 2.09. The summed E-state index contributed by atoms with van der Waals surface area (Å²) in [6.45, 7) is 0. The van der Waals surface area contributed by atoms with Crippen molar-refractivity contribution in [2.45, 2.75) is 0 Å². The van der Waals surface area contributed by atoms with E-state index in [1.54, 1.807) is 6.07 Å². The first-order chi connectivity index (χ1) is 6.09. The van der Waals surface area contributed by atoms with Crippen molar-refractivity contribution in [3.8, 4) is 0 Å².